The van der Waals surface area contributed by atoms with Crippen LogP contribution in [-0.2, 0) is 11.3 Å². The smallest absolute Gasteiger partial charge is 0.305 e. The predicted octanol–water partition coefficient (Wildman–Crippen LogP) is 4.67. The number of carbonyl (C=O) groups is 1. The van der Waals surface area contributed by atoms with Crippen molar-refractivity contribution >= 4 is 28.5 Å². The summed E-state index contributed by atoms with van der Waals surface area (Å²) in [4.78, 5) is 15.3. The predicted molar refractivity (Wildman–Crippen MR) is 111 cm³/mol. The van der Waals surface area contributed by atoms with E-state index in [9.17, 15) is 4.79 Å². The van der Waals surface area contributed by atoms with Crippen LogP contribution in [-0.4, -0.2) is 37.1 Å². The zero-order chi connectivity index (χ0) is 21.3. The number of benzene rings is 2. The van der Waals surface area contributed by atoms with Gasteiger partial charge >= 0.3 is 5.97 Å². The molecule has 0 saturated heterocycles. The lowest BCUT2D eigenvalue weighted by Crippen LogP contribution is -2.05. The Hall–Kier alpha value is -3.39. The lowest BCUT2D eigenvalue weighted by molar-refractivity contribution is -0.137. The van der Waals surface area contributed by atoms with Gasteiger partial charge in [-0.1, -0.05) is 28.9 Å². The molecule has 9 heteroatoms. The Kier molecular flexibility index (Phi) is 5.41. The van der Waals surface area contributed by atoms with Crippen LogP contribution >= 0.6 is 11.6 Å². The van der Waals surface area contributed by atoms with Gasteiger partial charge in [-0.05, 0) is 38.1 Å². The van der Waals surface area contributed by atoms with Gasteiger partial charge < -0.3 is 14.4 Å². The molecule has 0 fully saturated rings. The average Bonchev–Trinajstić information content (AvgIpc) is 3.34. The highest BCUT2D eigenvalue weighted by Crippen LogP contribution is 2.32. The maximum atomic E-state index is 10.8. The first-order valence-corrected chi connectivity index (χ1v) is 9.77. The molecule has 2 heterocycles. The largest absolute Gasteiger partial charge is 0.489 e. The molecular formula is C21H19ClN4O4. The number of hydrogen-bond donors (Lipinski definition) is 1. The standard InChI is InChI=1S/C21H19ClN4O4/c1-12(2)29-18-7-6-13(10-16(18)22)21-23-20(25-30-21)14-4-3-5-17-15(14)11-26(24-17)9-8-19(27)28/h3-7,10-12H,8-9H2,1-2H3,(H,27,28). The Morgan fingerprint density at radius 2 is 2.13 bits per heavy atom. The van der Waals surface area contributed by atoms with Crippen LogP contribution in [0.15, 0.2) is 47.1 Å². The first-order valence-electron chi connectivity index (χ1n) is 9.39. The van der Waals surface area contributed by atoms with Crippen LogP contribution in [0.3, 0.4) is 0 Å². The highest BCUT2D eigenvalue weighted by atomic mass is 35.5. The molecule has 2 aromatic heterocycles. The number of aromatic nitrogens is 4. The molecule has 0 bridgehead atoms. The Morgan fingerprint density at radius 1 is 1.30 bits per heavy atom. The molecular weight excluding hydrogens is 408 g/mol. The SMILES string of the molecule is CC(C)Oc1ccc(-c2nc(-c3cccc4nn(CCC(=O)O)cc34)no2)cc1Cl. The van der Waals surface area contributed by atoms with Gasteiger partial charge in [0.2, 0.25) is 5.82 Å². The van der Waals surface area contributed by atoms with Crippen molar-refractivity contribution < 1.29 is 19.2 Å². The van der Waals surface area contributed by atoms with E-state index in [1.165, 1.54) is 0 Å². The Bertz CT molecular complexity index is 1210. The molecule has 4 aromatic rings. The van der Waals surface area contributed by atoms with Gasteiger partial charge in [0.1, 0.15) is 5.75 Å². The Balaban J connectivity index is 1.65. The van der Waals surface area contributed by atoms with Gasteiger partial charge in [0.25, 0.3) is 5.89 Å². The van der Waals surface area contributed by atoms with Gasteiger partial charge in [0.15, 0.2) is 0 Å². The van der Waals surface area contributed by atoms with Gasteiger partial charge in [-0.25, -0.2) is 0 Å². The highest BCUT2D eigenvalue weighted by Gasteiger charge is 2.16. The van der Waals surface area contributed by atoms with E-state index in [0.717, 1.165) is 16.5 Å². The summed E-state index contributed by atoms with van der Waals surface area (Å²) in [5.74, 6) is 0.458. The fourth-order valence-electron chi connectivity index (χ4n) is 3.05. The van der Waals surface area contributed by atoms with Crippen molar-refractivity contribution in [3.05, 3.63) is 47.6 Å². The zero-order valence-corrected chi connectivity index (χ0v) is 17.1. The molecule has 1 N–H and O–H groups in total. The molecule has 0 spiro atoms. The van der Waals surface area contributed by atoms with Crippen molar-refractivity contribution in [3.63, 3.8) is 0 Å². The molecule has 0 amide bonds. The van der Waals surface area contributed by atoms with Crippen LogP contribution in [0.2, 0.25) is 5.02 Å². The molecule has 2 aromatic carbocycles. The lowest BCUT2D eigenvalue weighted by atomic mass is 10.1. The van der Waals surface area contributed by atoms with Crippen LogP contribution in [0.4, 0.5) is 0 Å². The minimum Gasteiger partial charge on any atom is -0.489 e. The van der Waals surface area contributed by atoms with E-state index in [2.05, 4.69) is 15.2 Å². The maximum Gasteiger partial charge on any atom is 0.305 e. The molecule has 0 saturated carbocycles. The number of carboxylic acid groups (broad SMARTS) is 1. The number of aryl methyl sites for hydroxylation is 1. The summed E-state index contributed by atoms with van der Waals surface area (Å²) in [6, 6.07) is 10.9. The molecule has 4 rings (SSSR count). The highest BCUT2D eigenvalue weighted by molar-refractivity contribution is 6.32. The van der Waals surface area contributed by atoms with Crippen LogP contribution in [0.1, 0.15) is 20.3 Å². The molecule has 8 nitrogen and oxygen atoms in total. The van der Waals surface area contributed by atoms with E-state index in [4.69, 9.17) is 26.0 Å². The average molecular weight is 427 g/mol. The van der Waals surface area contributed by atoms with Gasteiger partial charge in [0, 0.05) is 22.7 Å². The molecule has 30 heavy (non-hydrogen) atoms. The second kappa shape index (κ2) is 8.16. The molecule has 0 aliphatic heterocycles. The van der Waals surface area contributed by atoms with Crippen LogP contribution < -0.4 is 4.74 Å². The molecule has 0 radical (unpaired) electrons. The zero-order valence-electron chi connectivity index (χ0n) is 16.4. The van der Waals surface area contributed by atoms with Crippen molar-refractivity contribution in [2.75, 3.05) is 0 Å². The number of nitrogens with zero attached hydrogens (tertiary/aromatic N) is 4. The van der Waals surface area contributed by atoms with E-state index >= 15 is 0 Å². The van der Waals surface area contributed by atoms with Crippen LogP contribution in [0.5, 0.6) is 5.75 Å². The fourth-order valence-corrected chi connectivity index (χ4v) is 3.27. The van der Waals surface area contributed by atoms with Crippen molar-refractivity contribution in [2.45, 2.75) is 32.9 Å². The molecule has 0 atom stereocenters. The summed E-state index contributed by atoms with van der Waals surface area (Å²) < 4.78 is 12.7. The number of aliphatic carboxylic acids is 1. The molecule has 0 aliphatic rings. The van der Waals surface area contributed by atoms with Crippen LogP contribution in [0, 0.1) is 0 Å². The first kappa shape index (κ1) is 19.9. The lowest BCUT2D eigenvalue weighted by Gasteiger charge is -2.11. The third kappa shape index (κ3) is 4.13. The second-order valence-electron chi connectivity index (χ2n) is 7.01. The summed E-state index contributed by atoms with van der Waals surface area (Å²) in [5, 5.41) is 18.7. The number of fused-ring (bicyclic) bond motifs is 1. The number of carboxylic acids is 1. The summed E-state index contributed by atoms with van der Waals surface area (Å²) in [7, 11) is 0. The maximum absolute atomic E-state index is 10.8. The second-order valence-corrected chi connectivity index (χ2v) is 7.42. The van der Waals surface area contributed by atoms with Crippen molar-refractivity contribution in [2.24, 2.45) is 0 Å². The van der Waals surface area contributed by atoms with E-state index < -0.39 is 5.97 Å². The third-order valence-corrected chi connectivity index (χ3v) is 4.66. The molecule has 0 aliphatic carbocycles. The van der Waals surface area contributed by atoms with Crippen LogP contribution in [0.25, 0.3) is 33.7 Å². The molecule has 154 valence electrons. The normalized spacial score (nSPS) is 11.3. The monoisotopic (exact) mass is 426 g/mol. The third-order valence-electron chi connectivity index (χ3n) is 4.36. The quantitative estimate of drug-likeness (QED) is 0.458. The van der Waals surface area contributed by atoms with Crippen molar-refractivity contribution in [3.8, 4) is 28.6 Å². The number of ether oxygens (including phenoxy) is 1. The van der Waals surface area contributed by atoms with E-state index in [0.29, 0.717) is 28.1 Å². The van der Waals surface area contributed by atoms with Gasteiger partial charge in [0.05, 0.1) is 29.6 Å². The minimum absolute atomic E-state index is 0.00699. The summed E-state index contributed by atoms with van der Waals surface area (Å²) in [6.07, 6.45) is 1.80. The number of halogens is 1. The Morgan fingerprint density at radius 3 is 2.87 bits per heavy atom. The topological polar surface area (TPSA) is 103 Å². The van der Waals surface area contributed by atoms with Crippen molar-refractivity contribution in [1.82, 2.24) is 19.9 Å². The van der Waals surface area contributed by atoms with E-state index in [1.807, 2.05) is 38.1 Å². The molecule has 0 unspecified atom stereocenters. The number of hydrogen-bond acceptors (Lipinski definition) is 6. The first-order chi connectivity index (χ1) is 14.4. The summed E-state index contributed by atoms with van der Waals surface area (Å²) in [6.45, 7) is 4.14. The van der Waals surface area contributed by atoms with Gasteiger partial charge in [-0.2, -0.15) is 10.1 Å². The van der Waals surface area contributed by atoms with Gasteiger partial charge in [-0.15, -0.1) is 0 Å². The van der Waals surface area contributed by atoms with Crippen molar-refractivity contribution in [1.29, 1.82) is 0 Å². The number of rotatable bonds is 7. The Labute approximate surface area is 177 Å². The van der Waals surface area contributed by atoms with E-state index in [1.54, 1.807) is 23.0 Å². The fraction of sp³-hybridized carbons (Fsp3) is 0.238. The van der Waals surface area contributed by atoms with E-state index in [-0.39, 0.29) is 19.1 Å². The van der Waals surface area contributed by atoms with Gasteiger partial charge in [-0.3, -0.25) is 9.48 Å². The summed E-state index contributed by atoms with van der Waals surface area (Å²) >= 11 is 6.31. The minimum atomic E-state index is -0.874. The summed E-state index contributed by atoms with van der Waals surface area (Å²) in [5.41, 5.74) is 2.15.